The summed E-state index contributed by atoms with van der Waals surface area (Å²) in [4.78, 5) is 35.7. The van der Waals surface area contributed by atoms with Crippen LogP contribution in [-0.4, -0.2) is 22.6 Å². The summed E-state index contributed by atoms with van der Waals surface area (Å²) < 4.78 is 5.47. The van der Waals surface area contributed by atoms with Gasteiger partial charge < -0.3 is 4.74 Å². The predicted molar refractivity (Wildman–Crippen MR) is 97.2 cm³/mol. The van der Waals surface area contributed by atoms with Crippen LogP contribution in [-0.2, 0) is 20.9 Å². The van der Waals surface area contributed by atoms with Crippen LogP contribution in [0.2, 0.25) is 0 Å². The number of ketones is 1. The molecule has 0 radical (unpaired) electrons. The standard InChI is InChI=1S/C20H22O4S/c1-12(21)14-6-4-5-13(9-14)11-24-18(22)17-16(20(17,2)3)10-15-7-8-25-19(15)23/h4-6,9-10,16-17H,7-8,11H2,1-3H3/b15-10+/t16-,17-/m0/s1. The van der Waals surface area contributed by atoms with Crippen LogP contribution in [0.5, 0.6) is 0 Å². The number of hydrogen-bond donors (Lipinski definition) is 0. The number of hydrogen-bond acceptors (Lipinski definition) is 5. The Kier molecular flexibility index (Phi) is 4.87. The molecule has 1 saturated heterocycles. The Hall–Kier alpha value is -1.88. The molecule has 5 heteroatoms. The SMILES string of the molecule is CC(=O)c1cccc(COC(=O)[C@@H]2[C@H](/C=C3\CCSC3=O)C2(C)C)c1. The molecule has 0 unspecified atom stereocenters. The highest BCUT2D eigenvalue weighted by Gasteiger charge is 2.61. The van der Waals surface area contributed by atoms with Gasteiger partial charge in [0, 0.05) is 16.9 Å². The van der Waals surface area contributed by atoms with E-state index >= 15 is 0 Å². The molecule has 1 aliphatic heterocycles. The molecule has 0 N–H and O–H groups in total. The Labute approximate surface area is 152 Å². The maximum absolute atomic E-state index is 12.5. The molecule has 2 atom stereocenters. The molecule has 4 nitrogen and oxygen atoms in total. The molecule has 3 rings (SSSR count). The number of ether oxygens (including phenoxy) is 1. The molecule has 0 aromatic heterocycles. The van der Waals surface area contributed by atoms with Gasteiger partial charge >= 0.3 is 5.97 Å². The number of allylic oxidation sites excluding steroid dienone is 1. The van der Waals surface area contributed by atoms with Crippen LogP contribution >= 0.6 is 11.8 Å². The van der Waals surface area contributed by atoms with Crippen molar-refractivity contribution in [2.24, 2.45) is 17.3 Å². The van der Waals surface area contributed by atoms with Gasteiger partial charge in [-0.05, 0) is 36.3 Å². The van der Waals surface area contributed by atoms with Gasteiger partial charge in [0.1, 0.15) is 6.61 Å². The third kappa shape index (κ3) is 3.71. The Bertz CT molecular complexity index is 763. The van der Waals surface area contributed by atoms with E-state index in [2.05, 4.69) is 0 Å². The molecule has 1 aliphatic carbocycles. The van der Waals surface area contributed by atoms with Crippen molar-refractivity contribution < 1.29 is 19.1 Å². The second kappa shape index (κ2) is 6.79. The average molecular weight is 358 g/mol. The van der Waals surface area contributed by atoms with Crippen LogP contribution < -0.4 is 0 Å². The van der Waals surface area contributed by atoms with Crippen molar-refractivity contribution in [2.45, 2.75) is 33.8 Å². The minimum atomic E-state index is -0.238. The smallest absolute Gasteiger partial charge is 0.310 e. The van der Waals surface area contributed by atoms with E-state index < -0.39 is 0 Å². The van der Waals surface area contributed by atoms with E-state index in [1.54, 1.807) is 18.2 Å². The lowest BCUT2D eigenvalue weighted by Crippen LogP contribution is -2.11. The van der Waals surface area contributed by atoms with Crippen LogP contribution in [0.15, 0.2) is 35.9 Å². The number of thioether (sulfide) groups is 1. The van der Waals surface area contributed by atoms with Crippen LogP contribution in [0.1, 0.15) is 43.1 Å². The van der Waals surface area contributed by atoms with E-state index in [4.69, 9.17) is 4.74 Å². The van der Waals surface area contributed by atoms with Crippen molar-refractivity contribution in [3.63, 3.8) is 0 Å². The van der Waals surface area contributed by atoms with Gasteiger partial charge in [0.2, 0.25) is 5.12 Å². The first-order valence-electron chi connectivity index (χ1n) is 8.45. The van der Waals surface area contributed by atoms with Gasteiger partial charge in [0.05, 0.1) is 5.92 Å². The van der Waals surface area contributed by atoms with Crippen molar-refractivity contribution in [3.8, 4) is 0 Å². The number of Topliss-reactive ketones (excluding diaryl/α,β-unsaturated/α-hetero) is 1. The summed E-state index contributed by atoms with van der Waals surface area (Å²) in [5, 5.41) is 0.135. The molecule has 2 aliphatic rings. The minimum Gasteiger partial charge on any atom is -0.461 e. The molecule has 1 aromatic carbocycles. The fraction of sp³-hybridized carbons (Fsp3) is 0.450. The molecule has 2 fully saturated rings. The van der Waals surface area contributed by atoms with Gasteiger partial charge in [-0.15, -0.1) is 0 Å². The largest absolute Gasteiger partial charge is 0.461 e. The van der Waals surface area contributed by atoms with Crippen molar-refractivity contribution >= 4 is 28.6 Å². The topological polar surface area (TPSA) is 60.4 Å². The van der Waals surface area contributed by atoms with Gasteiger partial charge in [-0.3, -0.25) is 14.4 Å². The van der Waals surface area contributed by atoms with Crippen LogP contribution in [0.4, 0.5) is 0 Å². The van der Waals surface area contributed by atoms with Crippen LogP contribution in [0.3, 0.4) is 0 Å². The number of rotatable bonds is 5. The number of carbonyl (C=O) groups excluding carboxylic acids is 3. The van der Waals surface area contributed by atoms with Gasteiger partial charge in [-0.2, -0.15) is 0 Å². The zero-order valence-corrected chi connectivity index (χ0v) is 15.5. The molecule has 132 valence electrons. The van der Waals surface area contributed by atoms with Crippen LogP contribution in [0, 0.1) is 17.3 Å². The summed E-state index contributed by atoms with van der Waals surface area (Å²) in [6.07, 6.45) is 2.76. The Morgan fingerprint density at radius 3 is 2.76 bits per heavy atom. The van der Waals surface area contributed by atoms with E-state index in [9.17, 15) is 14.4 Å². The average Bonchev–Trinajstić information content (AvgIpc) is 2.87. The highest BCUT2D eigenvalue weighted by Crippen LogP contribution is 2.60. The minimum absolute atomic E-state index is 0.0118. The van der Waals surface area contributed by atoms with Crippen molar-refractivity contribution in [1.29, 1.82) is 0 Å². The normalized spacial score (nSPS) is 25.9. The Morgan fingerprint density at radius 2 is 2.12 bits per heavy atom. The van der Waals surface area contributed by atoms with Crippen molar-refractivity contribution in [2.75, 3.05) is 5.75 Å². The fourth-order valence-corrected chi connectivity index (χ4v) is 4.24. The lowest BCUT2D eigenvalue weighted by Gasteiger charge is -2.07. The molecular formula is C20H22O4S. The molecule has 0 bridgehead atoms. The van der Waals surface area contributed by atoms with Crippen molar-refractivity contribution in [3.05, 3.63) is 47.0 Å². The van der Waals surface area contributed by atoms with Gasteiger partial charge in [-0.1, -0.05) is 49.9 Å². The van der Waals surface area contributed by atoms with E-state index in [-0.39, 0.29) is 40.7 Å². The molecule has 1 heterocycles. The van der Waals surface area contributed by atoms with E-state index in [1.165, 1.54) is 18.7 Å². The maximum Gasteiger partial charge on any atom is 0.310 e. The number of benzene rings is 1. The third-order valence-electron chi connectivity index (χ3n) is 5.13. The van der Waals surface area contributed by atoms with Crippen molar-refractivity contribution in [1.82, 2.24) is 0 Å². The monoisotopic (exact) mass is 358 g/mol. The van der Waals surface area contributed by atoms with Crippen LogP contribution in [0.25, 0.3) is 0 Å². The molecule has 1 aromatic rings. The lowest BCUT2D eigenvalue weighted by molar-refractivity contribution is -0.147. The summed E-state index contributed by atoms with van der Waals surface area (Å²) >= 11 is 1.35. The van der Waals surface area contributed by atoms with E-state index in [1.807, 2.05) is 26.0 Å². The zero-order valence-electron chi connectivity index (χ0n) is 14.7. The third-order valence-corrected chi connectivity index (χ3v) is 6.06. The summed E-state index contributed by atoms with van der Waals surface area (Å²) in [7, 11) is 0. The quantitative estimate of drug-likeness (QED) is 0.455. The number of carbonyl (C=O) groups is 3. The fourth-order valence-electron chi connectivity index (χ4n) is 3.38. The lowest BCUT2D eigenvalue weighted by atomic mass is 10.1. The Morgan fingerprint density at radius 1 is 1.36 bits per heavy atom. The predicted octanol–water partition coefficient (Wildman–Crippen LogP) is 3.79. The van der Waals surface area contributed by atoms with Gasteiger partial charge in [0.15, 0.2) is 5.78 Å². The first kappa shape index (κ1) is 17.9. The summed E-state index contributed by atoms with van der Waals surface area (Å²) in [6.45, 7) is 5.73. The van der Waals surface area contributed by atoms with Gasteiger partial charge in [-0.25, -0.2) is 0 Å². The molecule has 25 heavy (non-hydrogen) atoms. The first-order chi connectivity index (χ1) is 11.8. The molecule has 0 amide bonds. The summed E-state index contributed by atoms with van der Waals surface area (Å²) in [5.74, 6) is 0.426. The number of esters is 1. The highest BCUT2D eigenvalue weighted by atomic mass is 32.2. The zero-order chi connectivity index (χ0) is 18.2. The Balaban J connectivity index is 1.63. The second-order valence-electron chi connectivity index (χ2n) is 7.27. The highest BCUT2D eigenvalue weighted by molar-refractivity contribution is 8.14. The summed E-state index contributed by atoms with van der Waals surface area (Å²) in [5.41, 5.74) is 2.07. The first-order valence-corrected chi connectivity index (χ1v) is 9.43. The van der Waals surface area contributed by atoms with E-state index in [0.29, 0.717) is 5.56 Å². The molecule has 0 spiro atoms. The molecular weight excluding hydrogens is 336 g/mol. The van der Waals surface area contributed by atoms with Gasteiger partial charge in [0.25, 0.3) is 0 Å². The maximum atomic E-state index is 12.5. The summed E-state index contributed by atoms with van der Waals surface area (Å²) in [6, 6.07) is 7.13. The second-order valence-corrected chi connectivity index (χ2v) is 8.33. The molecule has 1 saturated carbocycles. The van der Waals surface area contributed by atoms with E-state index in [0.717, 1.165) is 23.3 Å².